The molecule has 0 spiro atoms. The zero-order chi connectivity index (χ0) is 27.2. The number of hydrogen-bond acceptors (Lipinski definition) is 7. The molecule has 1 atom stereocenters. The number of benzene rings is 3. The van der Waals surface area contributed by atoms with Gasteiger partial charge in [-0.25, -0.2) is 0 Å². The average molecular weight is 547 g/mol. The summed E-state index contributed by atoms with van der Waals surface area (Å²) in [4.78, 5) is 26.5. The zero-order valence-electron chi connectivity index (χ0n) is 21.2. The third-order valence-corrected chi connectivity index (χ3v) is 6.43. The highest BCUT2D eigenvalue weighted by Gasteiger charge is 2.18. The number of anilines is 2. The van der Waals surface area contributed by atoms with E-state index in [0.29, 0.717) is 40.0 Å². The van der Waals surface area contributed by atoms with Crippen LogP contribution in [0, 0.1) is 0 Å². The second kappa shape index (κ2) is 12.0. The molecule has 10 heteroatoms. The summed E-state index contributed by atoms with van der Waals surface area (Å²) in [5.74, 6) is 1.14. The highest BCUT2D eigenvalue weighted by molar-refractivity contribution is 6.30. The molecule has 2 heterocycles. The van der Waals surface area contributed by atoms with Crippen molar-refractivity contribution in [2.24, 2.45) is 0 Å². The Morgan fingerprint density at radius 1 is 1.10 bits per heavy atom. The Bertz CT molecular complexity index is 1520. The van der Waals surface area contributed by atoms with Gasteiger partial charge >= 0.3 is 0 Å². The number of carbonyl (C=O) groups excluding carboxylic acids is 1. The maximum Gasteiger partial charge on any atom is 0.299 e. The van der Waals surface area contributed by atoms with E-state index in [9.17, 15) is 9.59 Å². The lowest BCUT2D eigenvalue weighted by Crippen LogP contribution is -2.31. The van der Waals surface area contributed by atoms with Gasteiger partial charge in [0.05, 0.1) is 25.1 Å². The Kier molecular flexibility index (Phi) is 8.10. The minimum absolute atomic E-state index is 0.0368. The molecule has 0 saturated carbocycles. The molecule has 200 valence electrons. The monoisotopic (exact) mass is 546 g/mol. The van der Waals surface area contributed by atoms with Gasteiger partial charge in [0.25, 0.3) is 11.5 Å². The minimum Gasteiger partial charge on any atom is -0.497 e. The number of hydrogen-bond donors (Lipinski definition) is 2. The number of methoxy groups -OCH3 is 1. The first-order chi connectivity index (χ1) is 19.0. The van der Waals surface area contributed by atoms with Crippen molar-refractivity contribution in [1.29, 1.82) is 0 Å². The van der Waals surface area contributed by atoms with Gasteiger partial charge in [-0.2, -0.15) is 9.78 Å². The minimum atomic E-state index is -0.462. The number of ether oxygens (including phenoxy) is 3. The van der Waals surface area contributed by atoms with E-state index in [-0.39, 0.29) is 23.4 Å². The van der Waals surface area contributed by atoms with Crippen LogP contribution in [0.15, 0.2) is 83.8 Å². The first kappa shape index (κ1) is 26.3. The van der Waals surface area contributed by atoms with E-state index in [0.717, 1.165) is 19.4 Å². The van der Waals surface area contributed by atoms with E-state index in [1.54, 1.807) is 79.9 Å². The Morgan fingerprint density at radius 3 is 2.64 bits per heavy atom. The van der Waals surface area contributed by atoms with Crippen molar-refractivity contribution < 1.29 is 19.0 Å². The predicted molar refractivity (Wildman–Crippen MR) is 149 cm³/mol. The smallest absolute Gasteiger partial charge is 0.299 e. The fraction of sp³-hybridized carbons (Fsp3) is 0.207. The molecule has 0 bridgehead atoms. The van der Waals surface area contributed by atoms with Crippen LogP contribution in [0.4, 0.5) is 11.4 Å². The van der Waals surface area contributed by atoms with Gasteiger partial charge in [0.1, 0.15) is 11.5 Å². The van der Waals surface area contributed by atoms with Gasteiger partial charge in [-0.3, -0.25) is 9.59 Å². The number of aromatic nitrogens is 2. The molecule has 0 aliphatic carbocycles. The fourth-order valence-electron chi connectivity index (χ4n) is 4.19. The van der Waals surface area contributed by atoms with Crippen molar-refractivity contribution in [2.45, 2.75) is 18.9 Å². The van der Waals surface area contributed by atoms with Crippen LogP contribution in [0.1, 0.15) is 23.2 Å². The molecule has 2 N–H and O–H groups in total. The van der Waals surface area contributed by atoms with E-state index in [1.807, 2.05) is 0 Å². The number of amides is 1. The lowest BCUT2D eigenvalue weighted by Gasteiger charge is -2.15. The summed E-state index contributed by atoms with van der Waals surface area (Å²) in [6.45, 7) is 1.17. The first-order valence-electron chi connectivity index (χ1n) is 12.5. The third kappa shape index (κ3) is 6.39. The maximum atomic E-state index is 13.7. The highest BCUT2D eigenvalue weighted by atomic mass is 35.5. The number of nitrogens with zero attached hydrogens (tertiary/aromatic N) is 2. The molecule has 4 aromatic rings. The van der Waals surface area contributed by atoms with E-state index >= 15 is 0 Å². The van der Waals surface area contributed by atoms with E-state index < -0.39 is 5.56 Å². The standard InChI is InChI=1S/C29H27ClN4O5/c1-37-23-10-12-24(13-11-23)39-26-18-32-34(22-8-3-6-20(30)16-22)29(36)27(26)33-21-7-2-5-19(15-21)28(35)31-17-25-9-4-14-38-25/h2-3,5-8,10-13,15-16,18,25,33H,4,9,14,17H2,1H3,(H,31,35)/t25-/m0/s1. The van der Waals surface area contributed by atoms with Crippen LogP contribution in [-0.2, 0) is 4.74 Å². The van der Waals surface area contributed by atoms with Crippen LogP contribution in [0.2, 0.25) is 5.02 Å². The van der Waals surface area contributed by atoms with Gasteiger partial charge in [0, 0.05) is 29.4 Å². The summed E-state index contributed by atoms with van der Waals surface area (Å²) in [5.41, 5.74) is 1.14. The SMILES string of the molecule is COc1ccc(Oc2cnn(-c3cccc(Cl)c3)c(=O)c2Nc2cccc(C(=O)NC[C@@H]3CCCO3)c2)cc1. The first-order valence-corrected chi connectivity index (χ1v) is 12.8. The Hall–Kier alpha value is -4.34. The largest absolute Gasteiger partial charge is 0.497 e. The Labute approximate surface area is 230 Å². The predicted octanol–water partition coefficient (Wildman–Crippen LogP) is 5.34. The molecule has 1 amide bonds. The topological polar surface area (TPSA) is 104 Å². The maximum absolute atomic E-state index is 13.7. The van der Waals surface area contributed by atoms with Crippen molar-refractivity contribution >= 4 is 28.9 Å². The molecule has 0 radical (unpaired) electrons. The summed E-state index contributed by atoms with van der Waals surface area (Å²) >= 11 is 6.15. The molecule has 1 fully saturated rings. The lowest BCUT2D eigenvalue weighted by atomic mass is 10.1. The molecule has 3 aromatic carbocycles. The van der Waals surface area contributed by atoms with Crippen LogP contribution in [0.25, 0.3) is 5.69 Å². The van der Waals surface area contributed by atoms with E-state index in [1.165, 1.54) is 10.9 Å². The number of nitrogens with one attached hydrogen (secondary N) is 2. The summed E-state index contributed by atoms with van der Waals surface area (Å²) in [6, 6.07) is 20.7. The van der Waals surface area contributed by atoms with Crippen molar-refractivity contribution in [2.75, 3.05) is 25.6 Å². The van der Waals surface area contributed by atoms with Gasteiger partial charge in [0.2, 0.25) is 0 Å². The summed E-state index contributed by atoms with van der Waals surface area (Å²) in [7, 11) is 1.58. The summed E-state index contributed by atoms with van der Waals surface area (Å²) in [6.07, 6.45) is 3.42. The van der Waals surface area contributed by atoms with Crippen LogP contribution in [0.5, 0.6) is 17.2 Å². The number of halogens is 1. The quantitative estimate of drug-likeness (QED) is 0.292. The van der Waals surface area contributed by atoms with Crippen molar-refractivity contribution in [1.82, 2.24) is 15.1 Å². The second-order valence-corrected chi connectivity index (χ2v) is 9.35. The molecule has 9 nitrogen and oxygen atoms in total. The Morgan fingerprint density at radius 2 is 1.90 bits per heavy atom. The van der Waals surface area contributed by atoms with Crippen LogP contribution in [-0.4, -0.2) is 42.1 Å². The van der Waals surface area contributed by atoms with Gasteiger partial charge in [0.15, 0.2) is 11.4 Å². The van der Waals surface area contributed by atoms with Gasteiger partial charge < -0.3 is 24.8 Å². The normalized spacial score (nSPS) is 14.6. The lowest BCUT2D eigenvalue weighted by molar-refractivity contribution is 0.0858. The summed E-state index contributed by atoms with van der Waals surface area (Å²) < 4.78 is 18.1. The van der Waals surface area contributed by atoms with E-state index in [4.69, 9.17) is 25.8 Å². The molecule has 0 unspecified atom stereocenters. The molecule has 1 aliphatic rings. The Balaban J connectivity index is 1.46. The number of rotatable bonds is 9. The second-order valence-electron chi connectivity index (χ2n) is 8.91. The van der Waals surface area contributed by atoms with Gasteiger partial charge in [-0.1, -0.05) is 23.7 Å². The van der Waals surface area contributed by atoms with Crippen molar-refractivity contribution in [3.8, 4) is 22.9 Å². The van der Waals surface area contributed by atoms with Gasteiger partial charge in [-0.15, -0.1) is 0 Å². The fourth-order valence-corrected chi connectivity index (χ4v) is 4.37. The average Bonchev–Trinajstić information content (AvgIpc) is 3.48. The van der Waals surface area contributed by atoms with Crippen molar-refractivity contribution in [3.05, 3.63) is 99.9 Å². The molecule has 1 saturated heterocycles. The molecule has 39 heavy (non-hydrogen) atoms. The highest BCUT2D eigenvalue weighted by Crippen LogP contribution is 2.30. The van der Waals surface area contributed by atoms with Crippen LogP contribution >= 0.6 is 11.6 Å². The molecule has 5 rings (SSSR count). The summed E-state index contributed by atoms with van der Waals surface area (Å²) in [5, 5.41) is 10.8. The third-order valence-electron chi connectivity index (χ3n) is 6.19. The molecule has 1 aromatic heterocycles. The van der Waals surface area contributed by atoms with E-state index in [2.05, 4.69) is 15.7 Å². The molecular weight excluding hydrogens is 520 g/mol. The van der Waals surface area contributed by atoms with Crippen LogP contribution < -0.4 is 25.7 Å². The molecular formula is C29H27ClN4O5. The molecule has 1 aliphatic heterocycles. The van der Waals surface area contributed by atoms with Crippen LogP contribution in [0.3, 0.4) is 0 Å². The number of carbonyl (C=O) groups is 1. The zero-order valence-corrected chi connectivity index (χ0v) is 22.0. The van der Waals surface area contributed by atoms with Gasteiger partial charge in [-0.05, 0) is 73.5 Å². The van der Waals surface area contributed by atoms with Crippen molar-refractivity contribution in [3.63, 3.8) is 0 Å².